The minimum Gasteiger partial charge on any atom is -0.492 e. The lowest BCUT2D eigenvalue weighted by Gasteiger charge is -2.09. The number of thioether (sulfide) groups is 1. The predicted octanol–water partition coefficient (Wildman–Crippen LogP) is 4.86. The molecule has 2 aromatic carbocycles. The summed E-state index contributed by atoms with van der Waals surface area (Å²) in [7, 11) is 0. The molecule has 0 aliphatic heterocycles. The Labute approximate surface area is 136 Å². The second-order valence-electron chi connectivity index (χ2n) is 4.10. The van der Waals surface area contributed by atoms with Gasteiger partial charge in [-0.15, -0.1) is 11.8 Å². The standard InChI is InChI=1S/C15H12Cl2O3S/c16-10-7-11(17)9-12(8-10)21-6-5-20-14-4-2-1-3-13(14)15(18)19/h1-4,7-9H,5-6H2,(H,18,19). The van der Waals surface area contributed by atoms with Crippen LogP contribution in [0.25, 0.3) is 0 Å². The van der Waals surface area contributed by atoms with Crippen molar-refractivity contribution in [3.05, 3.63) is 58.1 Å². The lowest BCUT2D eigenvalue weighted by atomic mass is 10.2. The maximum Gasteiger partial charge on any atom is 0.339 e. The Balaban J connectivity index is 1.89. The maximum absolute atomic E-state index is 11.0. The van der Waals surface area contributed by atoms with Crippen molar-refractivity contribution in [3.63, 3.8) is 0 Å². The van der Waals surface area contributed by atoms with E-state index in [-0.39, 0.29) is 5.56 Å². The molecule has 110 valence electrons. The van der Waals surface area contributed by atoms with Gasteiger partial charge in [0.1, 0.15) is 11.3 Å². The Morgan fingerprint density at radius 3 is 2.48 bits per heavy atom. The first-order chi connectivity index (χ1) is 10.1. The number of rotatable bonds is 6. The molecule has 0 amide bonds. The van der Waals surface area contributed by atoms with Crippen LogP contribution in [0.3, 0.4) is 0 Å². The highest BCUT2D eigenvalue weighted by molar-refractivity contribution is 7.99. The Morgan fingerprint density at radius 2 is 1.81 bits per heavy atom. The summed E-state index contributed by atoms with van der Waals surface area (Å²) in [6.45, 7) is 0.388. The van der Waals surface area contributed by atoms with Crippen molar-refractivity contribution in [2.24, 2.45) is 0 Å². The first kappa shape index (κ1) is 16.0. The summed E-state index contributed by atoms with van der Waals surface area (Å²) in [6.07, 6.45) is 0. The zero-order chi connectivity index (χ0) is 15.2. The van der Waals surface area contributed by atoms with Crippen molar-refractivity contribution in [2.45, 2.75) is 4.90 Å². The van der Waals surface area contributed by atoms with Gasteiger partial charge in [-0.2, -0.15) is 0 Å². The van der Waals surface area contributed by atoms with E-state index in [1.807, 2.05) is 12.1 Å². The van der Waals surface area contributed by atoms with Crippen LogP contribution in [0.5, 0.6) is 5.75 Å². The summed E-state index contributed by atoms with van der Waals surface area (Å²) in [5, 5.41) is 10.2. The van der Waals surface area contributed by atoms with Crippen LogP contribution in [0.2, 0.25) is 10.0 Å². The summed E-state index contributed by atoms with van der Waals surface area (Å²) in [5.41, 5.74) is 0.160. The van der Waals surface area contributed by atoms with Crippen LogP contribution in [0.1, 0.15) is 10.4 Å². The van der Waals surface area contributed by atoms with Gasteiger partial charge in [-0.05, 0) is 30.3 Å². The molecule has 0 atom stereocenters. The molecule has 3 nitrogen and oxygen atoms in total. The third kappa shape index (κ3) is 4.84. The topological polar surface area (TPSA) is 46.5 Å². The first-order valence-electron chi connectivity index (χ1n) is 6.10. The van der Waals surface area contributed by atoms with Crippen molar-refractivity contribution in [2.75, 3.05) is 12.4 Å². The average Bonchev–Trinajstić information content (AvgIpc) is 2.43. The highest BCUT2D eigenvalue weighted by Crippen LogP contribution is 2.26. The van der Waals surface area contributed by atoms with E-state index in [2.05, 4.69) is 0 Å². The molecule has 0 aromatic heterocycles. The summed E-state index contributed by atoms with van der Waals surface area (Å²) >= 11 is 13.4. The normalized spacial score (nSPS) is 10.4. The minimum absolute atomic E-state index is 0.160. The first-order valence-corrected chi connectivity index (χ1v) is 7.84. The summed E-state index contributed by atoms with van der Waals surface area (Å²) in [4.78, 5) is 12.0. The molecule has 6 heteroatoms. The van der Waals surface area contributed by atoms with Crippen LogP contribution in [0, 0.1) is 0 Å². The zero-order valence-electron chi connectivity index (χ0n) is 10.9. The summed E-state index contributed by atoms with van der Waals surface area (Å²) in [6, 6.07) is 11.9. The number of ether oxygens (including phenoxy) is 1. The molecule has 0 aliphatic rings. The monoisotopic (exact) mass is 342 g/mol. The van der Waals surface area contributed by atoms with Crippen LogP contribution < -0.4 is 4.74 Å². The SMILES string of the molecule is O=C(O)c1ccccc1OCCSc1cc(Cl)cc(Cl)c1. The average molecular weight is 343 g/mol. The number of halogens is 2. The lowest BCUT2D eigenvalue weighted by molar-refractivity contribution is 0.0692. The largest absolute Gasteiger partial charge is 0.492 e. The Hall–Kier alpha value is -1.36. The predicted molar refractivity (Wildman–Crippen MR) is 86.1 cm³/mol. The number of carboxylic acids is 1. The molecular formula is C15H12Cl2O3S. The Kier molecular flexibility index (Phi) is 5.79. The molecule has 0 unspecified atom stereocenters. The Bertz CT molecular complexity index is 626. The van der Waals surface area contributed by atoms with E-state index in [1.54, 1.807) is 36.0 Å². The third-order valence-electron chi connectivity index (χ3n) is 2.56. The molecule has 0 fully saturated rings. The minimum atomic E-state index is -1.00. The van der Waals surface area contributed by atoms with E-state index in [4.69, 9.17) is 33.0 Å². The van der Waals surface area contributed by atoms with Crippen molar-refractivity contribution in [1.29, 1.82) is 0 Å². The van der Waals surface area contributed by atoms with Gasteiger partial charge in [0, 0.05) is 20.7 Å². The van der Waals surface area contributed by atoms with Gasteiger partial charge in [-0.1, -0.05) is 35.3 Å². The number of carbonyl (C=O) groups is 1. The molecule has 2 rings (SSSR count). The van der Waals surface area contributed by atoms with E-state index < -0.39 is 5.97 Å². The molecule has 0 heterocycles. The van der Waals surface area contributed by atoms with Gasteiger partial charge in [0.15, 0.2) is 0 Å². The van der Waals surface area contributed by atoms with E-state index in [1.165, 1.54) is 6.07 Å². The fraction of sp³-hybridized carbons (Fsp3) is 0.133. The van der Waals surface area contributed by atoms with Crippen LogP contribution >= 0.6 is 35.0 Å². The number of hydrogen-bond donors (Lipinski definition) is 1. The summed E-state index contributed by atoms with van der Waals surface area (Å²) in [5.74, 6) is 0.0274. The fourth-order valence-corrected chi connectivity index (χ4v) is 3.17. The van der Waals surface area contributed by atoms with E-state index >= 15 is 0 Å². The van der Waals surface area contributed by atoms with Crippen LogP contribution in [-0.4, -0.2) is 23.4 Å². The van der Waals surface area contributed by atoms with Crippen molar-refractivity contribution in [3.8, 4) is 5.75 Å². The highest BCUT2D eigenvalue weighted by atomic mass is 35.5. The van der Waals surface area contributed by atoms with Crippen LogP contribution in [0.15, 0.2) is 47.4 Å². The van der Waals surface area contributed by atoms with Gasteiger partial charge in [0.05, 0.1) is 6.61 Å². The van der Waals surface area contributed by atoms with Gasteiger partial charge in [0.25, 0.3) is 0 Å². The maximum atomic E-state index is 11.0. The molecule has 2 aromatic rings. The smallest absolute Gasteiger partial charge is 0.339 e. The van der Waals surface area contributed by atoms with E-state index in [0.717, 1.165) is 4.90 Å². The molecule has 0 saturated carbocycles. The van der Waals surface area contributed by atoms with Crippen LogP contribution in [-0.2, 0) is 0 Å². The van der Waals surface area contributed by atoms with E-state index in [0.29, 0.717) is 28.2 Å². The van der Waals surface area contributed by atoms with Gasteiger partial charge in [0.2, 0.25) is 0 Å². The fourth-order valence-electron chi connectivity index (χ4n) is 1.69. The molecule has 0 saturated heterocycles. The second-order valence-corrected chi connectivity index (χ2v) is 6.14. The van der Waals surface area contributed by atoms with Gasteiger partial charge in [-0.25, -0.2) is 4.79 Å². The van der Waals surface area contributed by atoms with Gasteiger partial charge in [-0.3, -0.25) is 0 Å². The number of benzene rings is 2. The quantitative estimate of drug-likeness (QED) is 0.601. The lowest BCUT2D eigenvalue weighted by Crippen LogP contribution is -2.05. The molecule has 0 aliphatic carbocycles. The van der Waals surface area contributed by atoms with Gasteiger partial charge >= 0.3 is 5.97 Å². The highest BCUT2D eigenvalue weighted by Gasteiger charge is 2.09. The second kappa shape index (κ2) is 7.59. The third-order valence-corrected chi connectivity index (χ3v) is 3.94. The zero-order valence-corrected chi connectivity index (χ0v) is 13.2. The van der Waals surface area contributed by atoms with Crippen molar-refractivity contribution >= 4 is 40.9 Å². The summed E-state index contributed by atoms with van der Waals surface area (Å²) < 4.78 is 5.51. The van der Waals surface area contributed by atoms with Crippen molar-refractivity contribution in [1.82, 2.24) is 0 Å². The number of para-hydroxylation sites is 1. The van der Waals surface area contributed by atoms with Crippen LogP contribution in [0.4, 0.5) is 0 Å². The molecule has 21 heavy (non-hydrogen) atoms. The van der Waals surface area contributed by atoms with E-state index in [9.17, 15) is 4.79 Å². The molecule has 0 radical (unpaired) electrons. The molecular weight excluding hydrogens is 331 g/mol. The molecule has 0 bridgehead atoms. The Morgan fingerprint density at radius 1 is 1.14 bits per heavy atom. The number of hydrogen-bond acceptors (Lipinski definition) is 3. The number of aromatic carboxylic acids is 1. The van der Waals surface area contributed by atoms with Gasteiger partial charge < -0.3 is 9.84 Å². The van der Waals surface area contributed by atoms with Crippen molar-refractivity contribution < 1.29 is 14.6 Å². The number of carboxylic acid groups (broad SMARTS) is 1. The molecule has 0 spiro atoms. The molecule has 1 N–H and O–H groups in total.